The highest BCUT2D eigenvalue weighted by molar-refractivity contribution is 7.91. The van der Waals surface area contributed by atoms with E-state index >= 15 is 0 Å². The van der Waals surface area contributed by atoms with Gasteiger partial charge in [0.1, 0.15) is 4.21 Å². The van der Waals surface area contributed by atoms with Crippen molar-refractivity contribution in [2.24, 2.45) is 11.3 Å². The Morgan fingerprint density at radius 3 is 2.73 bits per heavy atom. The molecule has 2 aliphatic heterocycles. The summed E-state index contributed by atoms with van der Waals surface area (Å²) in [6, 6.07) is 3.42. The Morgan fingerprint density at radius 2 is 2.05 bits per heavy atom. The van der Waals surface area contributed by atoms with Crippen molar-refractivity contribution in [1.82, 2.24) is 9.21 Å². The maximum absolute atomic E-state index is 12.6. The van der Waals surface area contributed by atoms with Crippen LogP contribution in [-0.2, 0) is 14.8 Å². The molecule has 0 radical (unpaired) electrons. The van der Waals surface area contributed by atoms with Crippen LogP contribution >= 0.6 is 11.3 Å². The molecule has 3 aliphatic rings. The normalized spacial score (nSPS) is 32.0. The molecule has 3 fully saturated rings. The molecule has 3 heterocycles. The van der Waals surface area contributed by atoms with Gasteiger partial charge in [0.15, 0.2) is 0 Å². The van der Waals surface area contributed by atoms with Gasteiger partial charge in [-0.15, -0.1) is 11.3 Å². The van der Waals surface area contributed by atoms with E-state index in [-0.39, 0.29) is 17.2 Å². The Bertz CT molecular complexity index is 680. The van der Waals surface area contributed by atoms with Gasteiger partial charge in [0.05, 0.1) is 0 Å². The molecule has 1 aromatic heterocycles. The molecule has 0 N–H and O–H groups in total. The summed E-state index contributed by atoms with van der Waals surface area (Å²) in [6.07, 6.45) is 3.88. The molecule has 120 valence electrons. The number of thiophene rings is 1. The molecule has 5 nitrogen and oxygen atoms in total. The fraction of sp³-hybridized carbons (Fsp3) is 0.667. The van der Waals surface area contributed by atoms with Gasteiger partial charge in [-0.25, -0.2) is 8.42 Å². The summed E-state index contributed by atoms with van der Waals surface area (Å²) in [5.41, 5.74) is -0.0794. The van der Waals surface area contributed by atoms with Crippen molar-refractivity contribution in [3.8, 4) is 0 Å². The quantitative estimate of drug-likeness (QED) is 0.843. The number of carbonyl (C=O) groups is 1. The van der Waals surface area contributed by atoms with Gasteiger partial charge in [0.25, 0.3) is 10.0 Å². The van der Waals surface area contributed by atoms with Gasteiger partial charge in [0, 0.05) is 32.1 Å². The molecular weight excluding hydrogens is 320 g/mol. The van der Waals surface area contributed by atoms with E-state index in [1.165, 1.54) is 11.3 Å². The second-order valence-electron chi connectivity index (χ2n) is 6.67. The number of amides is 1. The maximum Gasteiger partial charge on any atom is 0.252 e. The lowest BCUT2D eigenvalue weighted by Crippen LogP contribution is -2.32. The first-order chi connectivity index (χ1) is 10.5. The van der Waals surface area contributed by atoms with Gasteiger partial charge in [-0.05, 0) is 42.5 Å². The van der Waals surface area contributed by atoms with Crippen molar-refractivity contribution in [3.63, 3.8) is 0 Å². The summed E-state index contributed by atoms with van der Waals surface area (Å²) < 4.78 is 27.2. The van der Waals surface area contributed by atoms with Gasteiger partial charge >= 0.3 is 0 Å². The summed E-state index contributed by atoms with van der Waals surface area (Å²) >= 11 is 1.26. The lowest BCUT2D eigenvalue weighted by molar-refractivity contribution is -0.132. The number of hydrogen-bond donors (Lipinski definition) is 0. The van der Waals surface area contributed by atoms with Crippen molar-refractivity contribution in [3.05, 3.63) is 17.5 Å². The third-order valence-electron chi connectivity index (χ3n) is 5.35. The van der Waals surface area contributed by atoms with Crippen LogP contribution in [0.3, 0.4) is 0 Å². The topological polar surface area (TPSA) is 57.7 Å². The van der Waals surface area contributed by atoms with Crippen LogP contribution in [0.2, 0.25) is 0 Å². The number of sulfonamides is 1. The minimum Gasteiger partial charge on any atom is -0.342 e. The zero-order chi connectivity index (χ0) is 15.4. The summed E-state index contributed by atoms with van der Waals surface area (Å²) in [6.45, 7) is 2.81. The molecule has 0 unspecified atom stereocenters. The molecule has 0 bridgehead atoms. The third kappa shape index (κ3) is 2.21. The molecule has 1 amide bonds. The predicted octanol–water partition coefficient (Wildman–Crippen LogP) is 1.77. The molecule has 2 saturated heterocycles. The fourth-order valence-corrected chi connectivity index (χ4v) is 6.59. The van der Waals surface area contributed by atoms with E-state index in [2.05, 4.69) is 0 Å². The molecule has 7 heteroatoms. The minimum absolute atomic E-state index is 0.0501. The van der Waals surface area contributed by atoms with E-state index < -0.39 is 10.0 Å². The molecule has 0 aromatic carbocycles. The van der Waals surface area contributed by atoms with Gasteiger partial charge in [-0.1, -0.05) is 6.07 Å². The second kappa shape index (κ2) is 5.04. The first kappa shape index (κ1) is 14.7. The van der Waals surface area contributed by atoms with Crippen LogP contribution in [0.4, 0.5) is 0 Å². The first-order valence-corrected chi connectivity index (χ1v) is 10.2. The summed E-state index contributed by atoms with van der Waals surface area (Å²) in [5.74, 6) is 0.307. The number of likely N-dealkylation sites (tertiary alicyclic amines) is 1. The Labute approximate surface area is 135 Å². The molecule has 4 rings (SSSR count). The third-order valence-corrected chi connectivity index (χ3v) is 8.56. The van der Waals surface area contributed by atoms with Crippen LogP contribution in [-0.4, -0.2) is 49.7 Å². The first-order valence-electron chi connectivity index (χ1n) is 7.85. The van der Waals surface area contributed by atoms with Crippen molar-refractivity contribution in [2.45, 2.75) is 29.9 Å². The molecule has 1 aliphatic carbocycles. The Kier molecular flexibility index (Phi) is 3.36. The van der Waals surface area contributed by atoms with E-state index in [0.29, 0.717) is 17.3 Å². The van der Waals surface area contributed by atoms with Crippen molar-refractivity contribution in [2.75, 3.05) is 26.2 Å². The molecule has 2 atom stereocenters. The van der Waals surface area contributed by atoms with E-state index in [4.69, 9.17) is 0 Å². The summed E-state index contributed by atoms with van der Waals surface area (Å²) in [4.78, 5) is 14.5. The van der Waals surface area contributed by atoms with E-state index in [1.807, 2.05) is 4.90 Å². The lowest BCUT2D eigenvalue weighted by Gasteiger charge is -2.18. The molecule has 22 heavy (non-hydrogen) atoms. The summed E-state index contributed by atoms with van der Waals surface area (Å²) in [5, 5.41) is 1.79. The highest BCUT2D eigenvalue weighted by Gasteiger charge is 2.63. The zero-order valence-corrected chi connectivity index (χ0v) is 14.0. The van der Waals surface area contributed by atoms with E-state index in [9.17, 15) is 13.2 Å². The maximum atomic E-state index is 12.6. The van der Waals surface area contributed by atoms with Gasteiger partial charge in [-0.2, -0.15) is 4.31 Å². The predicted molar refractivity (Wildman–Crippen MR) is 84.0 cm³/mol. The largest absolute Gasteiger partial charge is 0.342 e. The lowest BCUT2D eigenvalue weighted by atomic mass is 10.0. The number of hydrogen-bond acceptors (Lipinski definition) is 4. The molecule has 1 spiro atoms. The Morgan fingerprint density at radius 1 is 1.27 bits per heavy atom. The Hall–Kier alpha value is -0.920. The second-order valence-corrected chi connectivity index (χ2v) is 9.78. The highest BCUT2D eigenvalue weighted by atomic mass is 32.2. The fourth-order valence-electron chi connectivity index (χ4n) is 3.91. The van der Waals surface area contributed by atoms with Crippen LogP contribution in [0, 0.1) is 11.3 Å². The highest BCUT2D eigenvalue weighted by Crippen LogP contribution is 2.59. The van der Waals surface area contributed by atoms with Crippen LogP contribution in [0.1, 0.15) is 25.7 Å². The monoisotopic (exact) mass is 340 g/mol. The molecule has 1 saturated carbocycles. The molecular formula is C15H20N2O3S2. The van der Waals surface area contributed by atoms with E-state index in [1.54, 1.807) is 21.8 Å². The van der Waals surface area contributed by atoms with Crippen LogP contribution < -0.4 is 0 Å². The van der Waals surface area contributed by atoms with Gasteiger partial charge < -0.3 is 4.90 Å². The van der Waals surface area contributed by atoms with Crippen LogP contribution in [0.25, 0.3) is 0 Å². The standard InChI is InChI=1S/C15H20N2O3S2/c18-14(16-6-1-2-7-16)12-10-15(12)5-8-17(11-15)22(19,20)13-4-3-9-21-13/h3-4,9,12H,1-2,5-8,10-11H2/t12-,15-/m1/s1. The van der Waals surface area contributed by atoms with Crippen molar-refractivity contribution < 1.29 is 13.2 Å². The van der Waals surface area contributed by atoms with Crippen molar-refractivity contribution in [1.29, 1.82) is 0 Å². The smallest absolute Gasteiger partial charge is 0.252 e. The van der Waals surface area contributed by atoms with Crippen LogP contribution in [0.15, 0.2) is 21.7 Å². The van der Waals surface area contributed by atoms with Crippen molar-refractivity contribution >= 4 is 27.3 Å². The number of rotatable bonds is 3. The average Bonchev–Trinajstić information content (AvgIpc) is 3.03. The number of carbonyl (C=O) groups excluding carboxylic acids is 1. The minimum atomic E-state index is -3.37. The van der Waals surface area contributed by atoms with Gasteiger partial charge in [0.2, 0.25) is 5.91 Å². The number of nitrogens with zero attached hydrogens (tertiary/aromatic N) is 2. The Balaban J connectivity index is 1.46. The van der Waals surface area contributed by atoms with Crippen LogP contribution in [0.5, 0.6) is 0 Å². The van der Waals surface area contributed by atoms with E-state index in [0.717, 1.165) is 38.8 Å². The van der Waals surface area contributed by atoms with Gasteiger partial charge in [-0.3, -0.25) is 4.79 Å². The zero-order valence-electron chi connectivity index (χ0n) is 12.4. The average molecular weight is 340 g/mol. The SMILES string of the molecule is O=C([C@H]1C[C@@]12CCN(S(=O)(=O)c1cccs1)C2)N1CCCC1. The summed E-state index contributed by atoms with van der Waals surface area (Å²) in [7, 11) is -3.37. The molecule has 1 aromatic rings.